The molecule has 0 fully saturated rings. The second kappa shape index (κ2) is 11.2. The molecule has 3 rings (SSSR count). The van der Waals surface area contributed by atoms with Gasteiger partial charge in [0.15, 0.2) is 0 Å². The van der Waals surface area contributed by atoms with Crippen molar-refractivity contribution in [1.82, 2.24) is 14.9 Å². The second-order valence-electron chi connectivity index (χ2n) is 6.85. The maximum atomic E-state index is 12.4. The van der Waals surface area contributed by atoms with Gasteiger partial charge in [-0.05, 0) is 29.5 Å². The van der Waals surface area contributed by atoms with Crippen LogP contribution in [0.25, 0.3) is 16.7 Å². The Morgan fingerprint density at radius 1 is 1.16 bits per heavy atom. The number of fused-ring (bicyclic) bond motifs is 1. The molecule has 8 heteroatoms. The van der Waals surface area contributed by atoms with Gasteiger partial charge < -0.3 is 10.1 Å². The normalized spacial score (nSPS) is 12.0. The SMILES string of the molecule is CCSCCSc1c(CC(NC(C)=O)C(=O)OC)c2ccccc2n1-c1ccccn1. The Kier molecular flexibility index (Phi) is 8.43. The molecule has 1 amide bonds. The van der Waals surface area contributed by atoms with Gasteiger partial charge in [0.25, 0.3) is 0 Å². The van der Waals surface area contributed by atoms with E-state index in [2.05, 4.69) is 33.9 Å². The zero-order chi connectivity index (χ0) is 22.2. The number of esters is 1. The van der Waals surface area contributed by atoms with Crippen molar-refractivity contribution in [3.05, 3.63) is 54.2 Å². The molecule has 0 bridgehead atoms. The highest BCUT2D eigenvalue weighted by Crippen LogP contribution is 2.36. The number of hydrogen-bond acceptors (Lipinski definition) is 6. The Bertz CT molecular complexity index is 1040. The number of rotatable bonds is 10. The maximum absolute atomic E-state index is 12.4. The predicted molar refractivity (Wildman–Crippen MR) is 128 cm³/mol. The summed E-state index contributed by atoms with van der Waals surface area (Å²) in [6, 6.07) is 13.2. The van der Waals surface area contributed by atoms with Crippen molar-refractivity contribution in [3.63, 3.8) is 0 Å². The summed E-state index contributed by atoms with van der Waals surface area (Å²) in [5.41, 5.74) is 2.03. The van der Waals surface area contributed by atoms with E-state index in [1.54, 1.807) is 18.0 Å². The standard InChI is InChI=1S/C23H27N3O3S2/c1-4-30-13-14-31-22-18(15-19(23(28)29-3)25-16(2)27)17-9-5-6-10-20(17)26(22)21-11-7-8-12-24-21/h5-12,19H,4,13-15H2,1-3H3,(H,25,27). The quantitative estimate of drug-likeness (QED) is 0.281. The number of pyridine rings is 1. The van der Waals surface area contributed by atoms with E-state index in [4.69, 9.17) is 4.74 Å². The summed E-state index contributed by atoms with van der Waals surface area (Å²) in [4.78, 5) is 28.7. The van der Waals surface area contributed by atoms with Crippen LogP contribution in [0.2, 0.25) is 0 Å². The molecule has 3 aromatic rings. The summed E-state index contributed by atoms with van der Waals surface area (Å²) in [7, 11) is 1.34. The minimum Gasteiger partial charge on any atom is -0.467 e. The first-order valence-electron chi connectivity index (χ1n) is 10.2. The van der Waals surface area contributed by atoms with E-state index < -0.39 is 12.0 Å². The minimum absolute atomic E-state index is 0.266. The lowest BCUT2D eigenvalue weighted by atomic mass is 10.0. The Balaban J connectivity index is 2.13. The van der Waals surface area contributed by atoms with E-state index in [1.165, 1.54) is 14.0 Å². The summed E-state index contributed by atoms with van der Waals surface area (Å²) in [5, 5.41) is 4.82. The van der Waals surface area contributed by atoms with E-state index in [0.717, 1.165) is 44.6 Å². The van der Waals surface area contributed by atoms with E-state index in [-0.39, 0.29) is 5.91 Å². The van der Waals surface area contributed by atoms with Gasteiger partial charge >= 0.3 is 5.97 Å². The van der Waals surface area contributed by atoms with Gasteiger partial charge in [-0.1, -0.05) is 31.2 Å². The van der Waals surface area contributed by atoms with Crippen molar-refractivity contribution in [1.29, 1.82) is 0 Å². The van der Waals surface area contributed by atoms with Crippen LogP contribution in [0, 0.1) is 0 Å². The number of ether oxygens (including phenoxy) is 1. The summed E-state index contributed by atoms with van der Waals surface area (Å²) < 4.78 is 7.11. The fraction of sp³-hybridized carbons (Fsp3) is 0.348. The Morgan fingerprint density at radius 2 is 1.94 bits per heavy atom. The van der Waals surface area contributed by atoms with Crippen molar-refractivity contribution in [2.45, 2.75) is 31.3 Å². The van der Waals surface area contributed by atoms with Gasteiger partial charge in [0.2, 0.25) is 5.91 Å². The van der Waals surface area contributed by atoms with Crippen LogP contribution in [-0.2, 0) is 20.7 Å². The fourth-order valence-electron chi connectivity index (χ4n) is 3.47. The molecule has 2 heterocycles. The summed E-state index contributed by atoms with van der Waals surface area (Å²) in [6.45, 7) is 3.56. The van der Waals surface area contributed by atoms with E-state index in [1.807, 2.05) is 42.1 Å². The third-order valence-electron chi connectivity index (χ3n) is 4.75. The zero-order valence-electron chi connectivity index (χ0n) is 18.0. The van der Waals surface area contributed by atoms with Crippen LogP contribution in [-0.4, -0.2) is 51.8 Å². The second-order valence-corrected chi connectivity index (χ2v) is 9.33. The molecule has 164 valence electrons. The lowest BCUT2D eigenvalue weighted by Gasteiger charge is -2.17. The van der Waals surface area contributed by atoms with Gasteiger partial charge in [0.05, 0.1) is 17.7 Å². The summed E-state index contributed by atoms with van der Waals surface area (Å²) >= 11 is 3.65. The molecule has 0 radical (unpaired) electrons. The Hall–Kier alpha value is -2.45. The van der Waals surface area contributed by atoms with Crippen molar-refractivity contribution in [2.24, 2.45) is 0 Å². The topological polar surface area (TPSA) is 73.2 Å². The molecule has 0 saturated carbocycles. The Labute approximate surface area is 191 Å². The number of amides is 1. The number of thioether (sulfide) groups is 2. The highest BCUT2D eigenvalue weighted by Gasteiger charge is 2.26. The van der Waals surface area contributed by atoms with Crippen LogP contribution < -0.4 is 5.32 Å². The molecule has 2 aromatic heterocycles. The molecular formula is C23H27N3O3S2. The molecule has 31 heavy (non-hydrogen) atoms. The number of nitrogens with zero attached hydrogens (tertiary/aromatic N) is 2. The lowest BCUT2D eigenvalue weighted by molar-refractivity contribution is -0.144. The highest BCUT2D eigenvalue weighted by atomic mass is 32.2. The summed E-state index contributed by atoms with van der Waals surface area (Å²) in [6.07, 6.45) is 2.12. The smallest absolute Gasteiger partial charge is 0.328 e. The number of hydrogen-bond donors (Lipinski definition) is 1. The molecule has 6 nitrogen and oxygen atoms in total. The molecule has 1 aromatic carbocycles. The predicted octanol–water partition coefficient (Wildman–Crippen LogP) is 4.09. The number of benzene rings is 1. The molecule has 1 N–H and O–H groups in total. The third kappa shape index (κ3) is 5.62. The molecule has 0 aliphatic rings. The largest absolute Gasteiger partial charge is 0.467 e. The number of methoxy groups -OCH3 is 1. The molecule has 0 saturated heterocycles. The first kappa shape index (κ1) is 23.2. The van der Waals surface area contributed by atoms with Crippen LogP contribution in [0.15, 0.2) is 53.7 Å². The molecule has 0 aliphatic carbocycles. The summed E-state index contributed by atoms with van der Waals surface area (Å²) in [5.74, 6) is 3.13. The molecule has 1 unspecified atom stereocenters. The number of para-hydroxylation sites is 1. The van der Waals surface area contributed by atoms with Crippen LogP contribution in [0.4, 0.5) is 0 Å². The molecule has 1 atom stereocenters. The average molecular weight is 458 g/mol. The molecule has 0 aliphatic heterocycles. The van der Waals surface area contributed by atoms with Crippen LogP contribution in [0.5, 0.6) is 0 Å². The van der Waals surface area contributed by atoms with Gasteiger partial charge in [-0.15, -0.1) is 11.8 Å². The fourth-order valence-corrected chi connectivity index (χ4v) is 5.45. The zero-order valence-corrected chi connectivity index (χ0v) is 19.6. The van der Waals surface area contributed by atoms with Gasteiger partial charge in [-0.25, -0.2) is 9.78 Å². The van der Waals surface area contributed by atoms with Crippen molar-refractivity contribution in [3.8, 4) is 5.82 Å². The van der Waals surface area contributed by atoms with Crippen molar-refractivity contribution in [2.75, 3.05) is 24.4 Å². The highest BCUT2D eigenvalue weighted by molar-refractivity contribution is 8.02. The first-order chi connectivity index (χ1) is 15.1. The van der Waals surface area contributed by atoms with Gasteiger partial charge in [-0.3, -0.25) is 9.36 Å². The van der Waals surface area contributed by atoms with Gasteiger partial charge in [-0.2, -0.15) is 11.8 Å². The number of carbonyl (C=O) groups excluding carboxylic acids is 2. The van der Waals surface area contributed by atoms with E-state index in [0.29, 0.717) is 6.42 Å². The van der Waals surface area contributed by atoms with E-state index >= 15 is 0 Å². The molecular weight excluding hydrogens is 430 g/mol. The van der Waals surface area contributed by atoms with Crippen LogP contribution >= 0.6 is 23.5 Å². The first-order valence-corrected chi connectivity index (χ1v) is 12.3. The third-order valence-corrected chi connectivity index (χ3v) is 7.02. The van der Waals surface area contributed by atoms with E-state index in [9.17, 15) is 9.59 Å². The number of nitrogens with one attached hydrogen (secondary N) is 1. The monoisotopic (exact) mass is 457 g/mol. The van der Waals surface area contributed by atoms with Crippen molar-refractivity contribution < 1.29 is 14.3 Å². The van der Waals surface area contributed by atoms with Crippen molar-refractivity contribution >= 4 is 46.3 Å². The van der Waals surface area contributed by atoms with Crippen LogP contribution in [0.1, 0.15) is 19.4 Å². The van der Waals surface area contributed by atoms with Gasteiger partial charge in [0.1, 0.15) is 11.9 Å². The van der Waals surface area contributed by atoms with Crippen LogP contribution in [0.3, 0.4) is 0 Å². The molecule has 0 spiro atoms. The number of aromatic nitrogens is 2. The lowest BCUT2D eigenvalue weighted by Crippen LogP contribution is -2.42. The van der Waals surface area contributed by atoms with Gasteiger partial charge in [0, 0.05) is 36.4 Å². The minimum atomic E-state index is -0.755. The maximum Gasteiger partial charge on any atom is 0.328 e. The Morgan fingerprint density at radius 3 is 2.61 bits per heavy atom. The number of carbonyl (C=O) groups is 2. The average Bonchev–Trinajstić information content (AvgIpc) is 3.09.